The Morgan fingerprint density at radius 2 is 2.28 bits per heavy atom. The largest absolute Gasteiger partial charge is 0.367 e. The van der Waals surface area contributed by atoms with Gasteiger partial charge in [0.25, 0.3) is 0 Å². The number of likely N-dealkylation sites (tertiary alicyclic amines) is 1. The lowest BCUT2D eigenvalue weighted by Crippen LogP contribution is -2.41. The van der Waals surface area contributed by atoms with Crippen molar-refractivity contribution < 1.29 is 4.79 Å². The normalized spacial score (nSPS) is 20.3. The van der Waals surface area contributed by atoms with Gasteiger partial charge in [-0.1, -0.05) is 13.8 Å². The highest BCUT2D eigenvalue weighted by molar-refractivity contribution is 5.77. The van der Waals surface area contributed by atoms with Crippen LogP contribution in [0.15, 0.2) is 12.3 Å². The van der Waals surface area contributed by atoms with Crippen molar-refractivity contribution in [1.82, 2.24) is 14.9 Å². The van der Waals surface area contributed by atoms with Gasteiger partial charge in [0.15, 0.2) is 0 Å². The molecule has 1 saturated heterocycles. The number of hydrogen-bond acceptors (Lipinski definition) is 4. The van der Waals surface area contributed by atoms with Gasteiger partial charge in [-0.15, -0.1) is 0 Å². The zero-order valence-corrected chi connectivity index (χ0v) is 11.2. The quantitative estimate of drug-likeness (QED) is 0.883. The minimum atomic E-state index is 0.184. The van der Waals surface area contributed by atoms with Crippen LogP contribution in [0, 0.1) is 0 Å². The molecule has 1 aromatic rings. The van der Waals surface area contributed by atoms with E-state index >= 15 is 0 Å². The number of rotatable bonds is 3. The molecule has 5 heteroatoms. The van der Waals surface area contributed by atoms with Gasteiger partial charge >= 0.3 is 0 Å². The molecular weight excluding hydrogens is 228 g/mol. The second-order valence-electron chi connectivity index (χ2n) is 5.10. The van der Waals surface area contributed by atoms with E-state index in [1.54, 1.807) is 11.1 Å². The van der Waals surface area contributed by atoms with Gasteiger partial charge in [-0.2, -0.15) is 0 Å². The molecule has 0 spiro atoms. The van der Waals surface area contributed by atoms with Crippen molar-refractivity contribution in [3.05, 3.63) is 18.1 Å². The summed E-state index contributed by atoms with van der Waals surface area (Å²) >= 11 is 0. The highest BCUT2D eigenvalue weighted by Crippen LogP contribution is 2.16. The zero-order valence-electron chi connectivity index (χ0n) is 11.2. The summed E-state index contributed by atoms with van der Waals surface area (Å²) in [7, 11) is 1.85. The Bertz CT molecular complexity index is 433. The first-order valence-corrected chi connectivity index (χ1v) is 6.39. The van der Waals surface area contributed by atoms with E-state index < -0.39 is 0 Å². The molecule has 1 fully saturated rings. The number of aromatic nitrogens is 2. The fourth-order valence-corrected chi connectivity index (χ4v) is 2.01. The number of hydrogen-bond donors (Lipinski definition) is 1. The third kappa shape index (κ3) is 2.97. The summed E-state index contributed by atoms with van der Waals surface area (Å²) in [5.41, 5.74) is 0. The predicted octanol–water partition coefficient (Wildman–Crippen LogP) is 1.63. The van der Waals surface area contributed by atoms with Crippen LogP contribution in [0.4, 0.5) is 5.82 Å². The average Bonchev–Trinajstić information content (AvgIpc) is 2.34. The van der Waals surface area contributed by atoms with Crippen molar-refractivity contribution in [2.24, 2.45) is 0 Å². The molecule has 2 rings (SSSR count). The number of carbonyl (C=O) groups is 1. The topological polar surface area (TPSA) is 58.1 Å². The third-order valence-electron chi connectivity index (χ3n) is 3.20. The van der Waals surface area contributed by atoms with Crippen molar-refractivity contribution >= 4 is 11.7 Å². The van der Waals surface area contributed by atoms with Gasteiger partial charge in [0, 0.05) is 38.2 Å². The summed E-state index contributed by atoms with van der Waals surface area (Å²) in [6.45, 7) is 4.94. The van der Waals surface area contributed by atoms with Crippen molar-refractivity contribution in [3.63, 3.8) is 0 Å². The van der Waals surface area contributed by atoms with Crippen molar-refractivity contribution in [1.29, 1.82) is 0 Å². The molecule has 1 aliphatic rings. The van der Waals surface area contributed by atoms with Crippen LogP contribution >= 0.6 is 0 Å². The van der Waals surface area contributed by atoms with Crippen molar-refractivity contribution in [3.8, 4) is 0 Å². The van der Waals surface area contributed by atoms with E-state index in [-0.39, 0.29) is 11.9 Å². The molecule has 0 aliphatic carbocycles. The molecule has 18 heavy (non-hydrogen) atoms. The van der Waals surface area contributed by atoms with Gasteiger partial charge in [0.1, 0.15) is 11.6 Å². The number of carbonyl (C=O) groups excluding carboxylic acids is 1. The van der Waals surface area contributed by atoms with Crippen LogP contribution < -0.4 is 5.32 Å². The lowest BCUT2D eigenvalue weighted by Gasteiger charge is -2.29. The molecule has 1 amide bonds. The Kier molecular flexibility index (Phi) is 3.79. The van der Waals surface area contributed by atoms with Gasteiger partial charge < -0.3 is 10.2 Å². The van der Waals surface area contributed by atoms with E-state index in [1.165, 1.54) is 0 Å². The van der Waals surface area contributed by atoms with Crippen LogP contribution in [0.5, 0.6) is 0 Å². The maximum atomic E-state index is 11.6. The van der Waals surface area contributed by atoms with Crippen molar-refractivity contribution in [2.75, 3.05) is 18.9 Å². The summed E-state index contributed by atoms with van der Waals surface area (Å²) in [5.74, 6) is 2.15. The number of piperidine rings is 1. The summed E-state index contributed by atoms with van der Waals surface area (Å²) in [4.78, 5) is 22.1. The van der Waals surface area contributed by atoms with E-state index in [4.69, 9.17) is 0 Å². The Labute approximate surface area is 108 Å². The van der Waals surface area contributed by atoms with Gasteiger partial charge in [-0.05, 0) is 12.5 Å². The van der Waals surface area contributed by atoms with E-state index in [0.29, 0.717) is 12.3 Å². The molecule has 5 nitrogen and oxygen atoms in total. The molecule has 0 radical (unpaired) electrons. The smallest absolute Gasteiger partial charge is 0.224 e. The number of anilines is 1. The Hall–Kier alpha value is -1.65. The van der Waals surface area contributed by atoms with Crippen LogP contribution in [0.25, 0.3) is 0 Å². The SMILES string of the molecule is CC(C)c1nccc(NC2CCN(C)C(=O)C2)n1. The molecule has 1 N–H and O–H groups in total. The predicted molar refractivity (Wildman–Crippen MR) is 70.4 cm³/mol. The lowest BCUT2D eigenvalue weighted by atomic mass is 10.1. The second kappa shape index (κ2) is 5.33. The Morgan fingerprint density at radius 3 is 2.94 bits per heavy atom. The molecule has 0 bridgehead atoms. The third-order valence-corrected chi connectivity index (χ3v) is 3.20. The maximum Gasteiger partial charge on any atom is 0.224 e. The van der Waals surface area contributed by atoms with Crippen LogP contribution in [0.2, 0.25) is 0 Å². The standard InChI is InChI=1S/C13H20N4O/c1-9(2)13-14-6-4-11(16-13)15-10-5-7-17(3)12(18)8-10/h4,6,9-10H,5,7-8H2,1-3H3,(H,14,15,16). The Balaban J connectivity index is 2.01. The summed E-state index contributed by atoms with van der Waals surface area (Å²) in [6, 6.07) is 2.04. The van der Waals surface area contributed by atoms with E-state index in [1.807, 2.05) is 13.1 Å². The van der Waals surface area contributed by atoms with Gasteiger partial charge in [0.05, 0.1) is 0 Å². The first-order valence-electron chi connectivity index (χ1n) is 6.39. The fourth-order valence-electron chi connectivity index (χ4n) is 2.01. The molecule has 1 unspecified atom stereocenters. The molecule has 1 atom stereocenters. The van der Waals surface area contributed by atoms with Gasteiger partial charge in [-0.25, -0.2) is 9.97 Å². The second-order valence-corrected chi connectivity index (χ2v) is 5.10. The minimum Gasteiger partial charge on any atom is -0.367 e. The first kappa shape index (κ1) is 12.8. The highest BCUT2D eigenvalue weighted by atomic mass is 16.2. The van der Waals surface area contributed by atoms with Gasteiger partial charge in [-0.3, -0.25) is 4.79 Å². The monoisotopic (exact) mass is 248 g/mol. The summed E-state index contributed by atoms with van der Waals surface area (Å²) < 4.78 is 0. The lowest BCUT2D eigenvalue weighted by molar-refractivity contribution is -0.132. The van der Waals surface area contributed by atoms with Crippen LogP contribution in [0.3, 0.4) is 0 Å². The Morgan fingerprint density at radius 1 is 1.50 bits per heavy atom. The van der Waals surface area contributed by atoms with Crippen molar-refractivity contribution in [2.45, 2.75) is 38.6 Å². The summed E-state index contributed by atoms with van der Waals surface area (Å²) in [5, 5.41) is 3.33. The number of nitrogens with zero attached hydrogens (tertiary/aromatic N) is 3. The molecular formula is C13H20N4O. The van der Waals surface area contributed by atoms with Crippen LogP contribution in [-0.2, 0) is 4.79 Å². The highest BCUT2D eigenvalue weighted by Gasteiger charge is 2.23. The average molecular weight is 248 g/mol. The fraction of sp³-hybridized carbons (Fsp3) is 0.615. The molecule has 0 aromatic carbocycles. The zero-order chi connectivity index (χ0) is 13.1. The van der Waals surface area contributed by atoms with Crippen LogP contribution in [-0.4, -0.2) is 40.4 Å². The molecule has 0 saturated carbocycles. The molecule has 1 aliphatic heterocycles. The first-order chi connectivity index (χ1) is 8.56. The van der Waals surface area contributed by atoms with E-state index in [2.05, 4.69) is 29.1 Å². The number of amides is 1. The minimum absolute atomic E-state index is 0.184. The van der Waals surface area contributed by atoms with E-state index in [9.17, 15) is 4.79 Å². The number of nitrogens with one attached hydrogen (secondary N) is 1. The van der Waals surface area contributed by atoms with Gasteiger partial charge in [0.2, 0.25) is 5.91 Å². The molecule has 2 heterocycles. The molecule has 1 aromatic heterocycles. The summed E-state index contributed by atoms with van der Waals surface area (Å²) in [6.07, 6.45) is 3.27. The van der Waals surface area contributed by atoms with E-state index in [0.717, 1.165) is 24.6 Å². The molecule has 98 valence electrons. The maximum absolute atomic E-state index is 11.6. The van der Waals surface area contributed by atoms with Crippen LogP contribution in [0.1, 0.15) is 38.4 Å².